The van der Waals surface area contributed by atoms with Gasteiger partial charge in [-0.3, -0.25) is 9.78 Å². The smallest absolute Gasteiger partial charge is 0.237 e. The van der Waals surface area contributed by atoms with Crippen LogP contribution in [0.4, 0.5) is 0 Å². The van der Waals surface area contributed by atoms with E-state index in [2.05, 4.69) is 10.3 Å². The molecule has 0 aliphatic carbocycles. The lowest BCUT2D eigenvalue weighted by atomic mass is 10.0. The van der Waals surface area contributed by atoms with Gasteiger partial charge in [-0.15, -0.1) is 0 Å². The SMILES string of the molecule is CC(C)[C@H](N)C(=O)NCc1cccc2cccnc12. The molecule has 0 aliphatic heterocycles. The van der Waals surface area contributed by atoms with Crippen LogP contribution < -0.4 is 11.1 Å². The first-order chi connectivity index (χ1) is 9.09. The zero-order valence-corrected chi connectivity index (χ0v) is 11.3. The van der Waals surface area contributed by atoms with E-state index >= 15 is 0 Å². The van der Waals surface area contributed by atoms with Crippen LogP contribution in [0.3, 0.4) is 0 Å². The Bertz CT molecular complexity index is 575. The molecule has 1 atom stereocenters. The summed E-state index contributed by atoms with van der Waals surface area (Å²) in [7, 11) is 0. The molecule has 0 saturated heterocycles. The highest BCUT2D eigenvalue weighted by Gasteiger charge is 2.16. The Morgan fingerprint density at radius 1 is 1.32 bits per heavy atom. The van der Waals surface area contributed by atoms with Crippen molar-refractivity contribution in [3.05, 3.63) is 42.1 Å². The molecule has 0 fully saturated rings. The Morgan fingerprint density at radius 3 is 2.79 bits per heavy atom. The number of carbonyl (C=O) groups excluding carboxylic acids is 1. The van der Waals surface area contributed by atoms with E-state index in [-0.39, 0.29) is 11.8 Å². The van der Waals surface area contributed by atoms with Gasteiger partial charge in [0.05, 0.1) is 11.6 Å². The van der Waals surface area contributed by atoms with Crippen molar-refractivity contribution in [1.29, 1.82) is 0 Å². The van der Waals surface area contributed by atoms with Crippen molar-refractivity contribution in [2.45, 2.75) is 26.4 Å². The maximum Gasteiger partial charge on any atom is 0.237 e. The van der Waals surface area contributed by atoms with Crippen molar-refractivity contribution in [1.82, 2.24) is 10.3 Å². The minimum atomic E-state index is -0.470. The normalized spacial score (nSPS) is 12.6. The number of nitrogens with zero attached hydrogens (tertiary/aromatic N) is 1. The summed E-state index contributed by atoms with van der Waals surface area (Å²) in [5.41, 5.74) is 7.73. The first kappa shape index (κ1) is 13.5. The number of fused-ring (bicyclic) bond motifs is 1. The summed E-state index contributed by atoms with van der Waals surface area (Å²) in [5, 5.41) is 3.94. The van der Waals surface area contributed by atoms with Crippen molar-refractivity contribution in [2.75, 3.05) is 0 Å². The van der Waals surface area contributed by atoms with Crippen molar-refractivity contribution in [2.24, 2.45) is 11.7 Å². The number of nitrogens with one attached hydrogen (secondary N) is 1. The molecule has 3 N–H and O–H groups in total. The maximum absolute atomic E-state index is 11.8. The van der Waals surface area contributed by atoms with Gasteiger partial charge in [0, 0.05) is 18.1 Å². The number of hydrogen-bond donors (Lipinski definition) is 2. The van der Waals surface area contributed by atoms with Crippen LogP contribution in [0.15, 0.2) is 36.5 Å². The summed E-state index contributed by atoms with van der Waals surface area (Å²) in [6.07, 6.45) is 1.76. The topological polar surface area (TPSA) is 68.0 Å². The van der Waals surface area contributed by atoms with E-state index in [9.17, 15) is 4.79 Å². The van der Waals surface area contributed by atoms with E-state index in [1.165, 1.54) is 0 Å². The second-order valence-electron chi connectivity index (χ2n) is 4.98. The average Bonchev–Trinajstić information content (AvgIpc) is 2.43. The highest BCUT2D eigenvalue weighted by atomic mass is 16.2. The zero-order valence-electron chi connectivity index (χ0n) is 11.3. The summed E-state index contributed by atoms with van der Waals surface area (Å²) >= 11 is 0. The van der Waals surface area contributed by atoms with E-state index in [0.29, 0.717) is 6.54 Å². The lowest BCUT2D eigenvalue weighted by Gasteiger charge is -2.15. The first-order valence-corrected chi connectivity index (χ1v) is 6.45. The standard InChI is InChI=1S/C15H19N3O/c1-10(2)13(16)15(19)18-9-12-6-3-5-11-7-4-8-17-14(11)12/h3-8,10,13H,9,16H2,1-2H3,(H,18,19)/t13-/m0/s1. The molecule has 4 nitrogen and oxygen atoms in total. The Balaban J connectivity index is 2.12. The molecule has 19 heavy (non-hydrogen) atoms. The van der Waals surface area contributed by atoms with Crippen LogP contribution in [-0.4, -0.2) is 16.9 Å². The number of para-hydroxylation sites is 1. The van der Waals surface area contributed by atoms with Gasteiger partial charge in [-0.05, 0) is 17.5 Å². The number of amides is 1. The van der Waals surface area contributed by atoms with E-state index in [1.54, 1.807) is 6.20 Å². The Labute approximate surface area is 113 Å². The van der Waals surface area contributed by atoms with Gasteiger partial charge in [0.2, 0.25) is 5.91 Å². The van der Waals surface area contributed by atoms with Gasteiger partial charge in [0.15, 0.2) is 0 Å². The summed E-state index contributed by atoms with van der Waals surface area (Å²) in [6.45, 7) is 4.32. The first-order valence-electron chi connectivity index (χ1n) is 6.45. The van der Waals surface area contributed by atoms with Crippen molar-refractivity contribution in [3.63, 3.8) is 0 Å². The third kappa shape index (κ3) is 3.09. The summed E-state index contributed by atoms with van der Waals surface area (Å²) < 4.78 is 0. The predicted octanol–water partition coefficient (Wildman–Crippen LogP) is 1.83. The highest BCUT2D eigenvalue weighted by Crippen LogP contribution is 2.15. The molecule has 1 amide bonds. The third-order valence-corrected chi connectivity index (χ3v) is 3.19. The molecule has 1 heterocycles. The quantitative estimate of drug-likeness (QED) is 0.878. The second-order valence-corrected chi connectivity index (χ2v) is 4.98. The van der Waals surface area contributed by atoms with Crippen molar-refractivity contribution in [3.8, 4) is 0 Å². The summed E-state index contributed by atoms with van der Waals surface area (Å²) in [5.74, 6) is 0.00794. The molecule has 0 unspecified atom stereocenters. The number of hydrogen-bond acceptors (Lipinski definition) is 3. The Morgan fingerprint density at radius 2 is 2.05 bits per heavy atom. The minimum absolute atomic E-state index is 0.122. The molecule has 1 aromatic heterocycles. The molecular weight excluding hydrogens is 238 g/mol. The molecule has 2 rings (SSSR count). The minimum Gasteiger partial charge on any atom is -0.351 e. The van der Waals surface area contributed by atoms with Gasteiger partial charge in [0.25, 0.3) is 0 Å². The number of carbonyl (C=O) groups is 1. The van der Waals surface area contributed by atoms with Crippen LogP contribution in [-0.2, 0) is 11.3 Å². The highest BCUT2D eigenvalue weighted by molar-refractivity contribution is 5.84. The van der Waals surface area contributed by atoms with Gasteiger partial charge in [-0.2, -0.15) is 0 Å². The number of rotatable bonds is 4. The lowest BCUT2D eigenvalue weighted by molar-refractivity contribution is -0.123. The van der Waals surface area contributed by atoms with Gasteiger partial charge in [0.1, 0.15) is 0 Å². The number of aromatic nitrogens is 1. The third-order valence-electron chi connectivity index (χ3n) is 3.19. The van der Waals surface area contributed by atoms with Crippen LogP contribution in [0, 0.1) is 5.92 Å². The number of nitrogens with two attached hydrogens (primary N) is 1. The van der Waals surface area contributed by atoms with Crippen LogP contribution in [0.1, 0.15) is 19.4 Å². The van der Waals surface area contributed by atoms with Crippen LogP contribution >= 0.6 is 0 Å². The van der Waals surface area contributed by atoms with Gasteiger partial charge >= 0.3 is 0 Å². The summed E-state index contributed by atoms with van der Waals surface area (Å²) in [6, 6.07) is 9.38. The van der Waals surface area contributed by atoms with E-state index in [1.807, 2.05) is 44.2 Å². The molecule has 0 radical (unpaired) electrons. The summed E-state index contributed by atoms with van der Waals surface area (Å²) in [4.78, 5) is 16.2. The predicted molar refractivity (Wildman–Crippen MR) is 76.4 cm³/mol. The Hall–Kier alpha value is -1.94. The van der Waals surface area contributed by atoms with E-state index in [0.717, 1.165) is 16.5 Å². The van der Waals surface area contributed by atoms with E-state index in [4.69, 9.17) is 5.73 Å². The second kappa shape index (κ2) is 5.80. The molecular formula is C15H19N3O. The number of pyridine rings is 1. The van der Waals surface area contributed by atoms with Gasteiger partial charge in [-0.25, -0.2) is 0 Å². The maximum atomic E-state index is 11.8. The average molecular weight is 257 g/mol. The molecule has 100 valence electrons. The Kier molecular flexibility index (Phi) is 4.12. The van der Waals surface area contributed by atoms with Crippen LogP contribution in [0.25, 0.3) is 10.9 Å². The molecule has 0 saturated carbocycles. The van der Waals surface area contributed by atoms with Crippen molar-refractivity contribution >= 4 is 16.8 Å². The molecule has 0 spiro atoms. The molecule has 2 aromatic rings. The largest absolute Gasteiger partial charge is 0.351 e. The fourth-order valence-corrected chi connectivity index (χ4v) is 1.91. The fourth-order valence-electron chi connectivity index (χ4n) is 1.91. The molecule has 4 heteroatoms. The zero-order chi connectivity index (χ0) is 13.8. The monoisotopic (exact) mass is 257 g/mol. The van der Waals surface area contributed by atoms with Crippen LogP contribution in [0.5, 0.6) is 0 Å². The van der Waals surface area contributed by atoms with E-state index < -0.39 is 6.04 Å². The molecule has 0 bridgehead atoms. The van der Waals surface area contributed by atoms with Gasteiger partial charge < -0.3 is 11.1 Å². The molecule has 0 aliphatic rings. The van der Waals surface area contributed by atoms with Gasteiger partial charge in [-0.1, -0.05) is 38.1 Å². The lowest BCUT2D eigenvalue weighted by Crippen LogP contribution is -2.43. The fraction of sp³-hybridized carbons (Fsp3) is 0.333. The number of benzene rings is 1. The van der Waals surface area contributed by atoms with Crippen molar-refractivity contribution < 1.29 is 4.79 Å². The molecule has 1 aromatic carbocycles. The van der Waals surface area contributed by atoms with Crippen LogP contribution in [0.2, 0.25) is 0 Å².